The molecule has 0 N–H and O–H groups in total. The van der Waals surface area contributed by atoms with Crippen molar-refractivity contribution in [3.8, 4) is 0 Å². The zero-order valence-corrected chi connectivity index (χ0v) is 9.08. The second kappa shape index (κ2) is 5.13. The summed E-state index contributed by atoms with van der Waals surface area (Å²) in [6.45, 7) is 4.86. The zero-order chi connectivity index (χ0) is 10.6. The fraction of sp³-hybridized carbons (Fsp3) is 0.818. The molecule has 1 amide bonds. The summed E-state index contributed by atoms with van der Waals surface area (Å²) in [5, 5.41) is 0. The Kier molecular flexibility index (Phi) is 4.11. The van der Waals surface area contributed by atoms with E-state index in [0.29, 0.717) is 19.0 Å². The summed E-state index contributed by atoms with van der Waals surface area (Å²) < 4.78 is 0. The third-order valence-corrected chi connectivity index (χ3v) is 2.83. The molecular formula is C11H19NO2. The molecule has 80 valence electrons. The molecule has 0 radical (unpaired) electrons. The first kappa shape index (κ1) is 11.2. The molecule has 3 heteroatoms. The number of carbonyl (C=O) groups excluding carboxylic acids is 2. The van der Waals surface area contributed by atoms with E-state index in [0.717, 1.165) is 19.3 Å². The van der Waals surface area contributed by atoms with Gasteiger partial charge in [-0.15, -0.1) is 0 Å². The first-order chi connectivity index (χ1) is 6.69. The maximum Gasteiger partial charge on any atom is 0.230 e. The van der Waals surface area contributed by atoms with E-state index in [1.165, 1.54) is 0 Å². The number of carbonyl (C=O) groups is 2. The minimum absolute atomic E-state index is 0.0292. The smallest absolute Gasteiger partial charge is 0.230 e. The molecular weight excluding hydrogens is 178 g/mol. The van der Waals surface area contributed by atoms with Gasteiger partial charge in [-0.2, -0.15) is 0 Å². The van der Waals surface area contributed by atoms with Crippen molar-refractivity contribution in [1.82, 2.24) is 4.90 Å². The fourth-order valence-corrected chi connectivity index (χ4v) is 2.03. The van der Waals surface area contributed by atoms with Crippen LogP contribution in [-0.4, -0.2) is 29.2 Å². The number of ketones is 1. The highest BCUT2D eigenvalue weighted by molar-refractivity contribution is 6.00. The van der Waals surface area contributed by atoms with Crippen molar-refractivity contribution in [2.24, 2.45) is 0 Å². The summed E-state index contributed by atoms with van der Waals surface area (Å²) >= 11 is 0. The molecule has 0 aromatic rings. The summed E-state index contributed by atoms with van der Waals surface area (Å²) in [4.78, 5) is 24.5. The highest BCUT2D eigenvalue weighted by Gasteiger charge is 2.27. The van der Waals surface area contributed by atoms with E-state index >= 15 is 0 Å². The van der Waals surface area contributed by atoms with Crippen LogP contribution in [0.1, 0.15) is 46.0 Å². The van der Waals surface area contributed by atoms with E-state index in [9.17, 15) is 9.59 Å². The van der Waals surface area contributed by atoms with Gasteiger partial charge in [0.25, 0.3) is 0 Å². The Labute approximate surface area is 85.5 Å². The van der Waals surface area contributed by atoms with Gasteiger partial charge in [-0.25, -0.2) is 0 Å². The lowest BCUT2D eigenvalue weighted by Crippen LogP contribution is -2.45. The van der Waals surface area contributed by atoms with Gasteiger partial charge >= 0.3 is 0 Å². The normalized spacial score (nSPS) is 20.0. The van der Waals surface area contributed by atoms with Gasteiger partial charge in [0.15, 0.2) is 0 Å². The van der Waals surface area contributed by atoms with Crippen molar-refractivity contribution >= 4 is 11.7 Å². The second-order valence-corrected chi connectivity index (χ2v) is 3.90. The van der Waals surface area contributed by atoms with Crippen LogP contribution >= 0.6 is 0 Å². The summed E-state index contributed by atoms with van der Waals surface area (Å²) in [5.41, 5.74) is 0. The third kappa shape index (κ3) is 2.56. The molecule has 1 heterocycles. The number of hydrogen-bond acceptors (Lipinski definition) is 2. The average Bonchev–Trinajstić information content (AvgIpc) is 2.15. The maximum atomic E-state index is 11.6. The van der Waals surface area contributed by atoms with E-state index in [-0.39, 0.29) is 18.1 Å². The van der Waals surface area contributed by atoms with Crippen molar-refractivity contribution in [3.63, 3.8) is 0 Å². The molecule has 0 spiro atoms. The minimum atomic E-state index is 0.0292. The van der Waals surface area contributed by atoms with Crippen LogP contribution in [0, 0.1) is 0 Å². The average molecular weight is 197 g/mol. The summed E-state index contributed by atoms with van der Waals surface area (Å²) in [6, 6.07) is 0.348. The largest absolute Gasteiger partial charge is 0.339 e. The summed E-state index contributed by atoms with van der Waals surface area (Å²) in [6.07, 6.45) is 3.81. The van der Waals surface area contributed by atoms with Gasteiger partial charge in [0, 0.05) is 19.0 Å². The van der Waals surface area contributed by atoms with Gasteiger partial charge in [-0.1, -0.05) is 20.3 Å². The van der Waals surface area contributed by atoms with E-state index < -0.39 is 0 Å². The molecule has 1 aliphatic heterocycles. The first-order valence-electron chi connectivity index (χ1n) is 5.50. The Morgan fingerprint density at radius 2 is 2.07 bits per heavy atom. The van der Waals surface area contributed by atoms with Crippen LogP contribution in [0.2, 0.25) is 0 Å². The monoisotopic (exact) mass is 197 g/mol. The van der Waals surface area contributed by atoms with Crippen molar-refractivity contribution in [1.29, 1.82) is 0 Å². The van der Waals surface area contributed by atoms with Gasteiger partial charge < -0.3 is 4.90 Å². The first-order valence-corrected chi connectivity index (χ1v) is 5.50. The summed E-state index contributed by atoms with van der Waals surface area (Å²) in [7, 11) is 0. The lowest BCUT2D eigenvalue weighted by Gasteiger charge is -2.33. The molecule has 1 unspecified atom stereocenters. The van der Waals surface area contributed by atoms with Gasteiger partial charge in [0.05, 0.1) is 6.42 Å². The molecule has 1 rings (SSSR count). The fourth-order valence-electron chi connectivity index (χ4n) is 2.03. The molecule has 3 nitrogen and oxygen atoms in total. The molecule has 14 heavy (non-hydrogen) atoms. The lowest BCUT2D eigenvalue weighted by molar-refractivity contribution is -0.141. The Bertz CT molecular complexity index is 225. The molecule has 1 saturated heterocycles. The Hall–Kier alpha value is -0.860. The molecule has 0 aromatic heterocycles. The van der Waals surface area contributed by atoms with Crippen LogP contribution in [0.5, 0.6) is 0 Å². The van der Waals surface area contributed by atoms with Crippen molar-refractivity contribution in [2.45, 2.75) is 52.0 Å². The molecule has 0 saturated carbocycles. The number of nitrogens with zero attached hydrogens (tertiary/aromatic N) is 1. The van der Waals surface area contributed by atoms with Crippen LogP contribution in [-0.2, 0) is 9.59 Å². The van der Waals surface area contributed by atoms with Crippen LogP contribution < -0.4 is 0 Å². The molecule has 0 bridgehead atoms. The van der Waals surface area contributed by atoms with E-state index in [4.69, 9.17) is 0 Å². The predicted molar refractivity (Wildman–Crippen MR) is 54.9 cm³/mol. The minimum Gasteiger partial charge on any atom is -0.339 e. The highest BCUT2D eigenvalue weighted by Crippen LogP contribution is 2.17. The predicted octanol–water partition coefficient (Wildman–Crippen LogP) is 1.76. The van der Waals surface area contributed by atoms with E-state index in [1.54, 1.807) is 0 Å². The molecule has 1 fully saturated rings. The molecule has 1 aliphatic rings. The maximum absolute atomic E-state index is 11.6. The van der Waals surface area contributed by atoms with Crippen LogP contribution in [0.3, 0.4) is 0 Å². The van der Waals surface area contributed by atoms with Gasteiger partial charge in [-0.3, -0.25) is 9.59 Å². The van der Waals surface area contributed by atoms with Gasteiger partial charge in [0.2, 0.25) is 5.91 Å². The van der Waals surface area contributed by atoms with Crippen molar-refractivity contribution in [3.05, 3.63) is 0 Å². The summed E-state index contributed by atoms with van der Waals surface area (Å²) in [5.74, 6) is 0.124. The van der Waals surface area contributed by atoms with Crippen molar-refractivity contribution in [2.75, 3.05) is 6.54 Å². The Balaban J connectivity index is 2.57. The number of Topliss-reactive ketones (excluding diaryl/α,β-unsaturated/α-hetero) is 1. The number of rotatable bonds is 4. The van der Waals surface area contributed by atoms with Crippen LogP contribution in [0.25, 0.3) is 0 Å². The van der Waals surface area contributed by atoms with E-state index in [1.807, 2.05) is 4.90 Å². The van der Waals surface area contributed by atoms with Gasteiger partial charge in [-0.05, 0) is 12.8 Å². The molecule has 0 aromatic carbocycles. The third-order valence-electron chi connectivity index (χ3n) is 2.83. The Morgan fingerprint density at radius 1 is 1.36 bits per heavy atom. The molecule has 0 aliphatic carbocycles. The zero-order valence-electron chi connectivity index (χ0n) is 9.08. The van der Waals surface area contributed by atoms with Crippen LogP contribution in [0.15, 0.2) is 0 Å². The molecule has 1 atom stereocenters. The number of likely N-dealkylation sites (tertiary alicyclic amines) is 1. The highest BCUT2D eigenvalue weighted by atomic mass is 16.2. The number of piperidine rings is 1. The Morgan fingerprint density at radius 3 is 2.57 bits per heavy atom. The van der Waals surface area contributed by atoms with E-state index in [2.05, 4.69) is 13.8 Å². The lowest BCUT2D eigenvalue weighted by atomic mass is 10.0. The second-order valence-electron chi connectivity index (χ2n) is 3.90. The van der Waals surface area contributed by atoms with Gasteiger partial charge in [0.1, 0.15) is 5.78 Å². The SMILES string of the molecule is CCCC(CC)N1CCC(=O)CC1=O. The topological polar surface area (TPSA) is 37.4 Å². The number of amides is 1. The standard InChI is InChI=1S/C11H19NO2/c1-3-5-9(4-2)12-7-6-10(13)8-11(12)14/h9H,3-8H2,1-2H3. The van der Waals surface area contributed by atoms with Crippen molar-refractivity contribution < 1.29 is 9.59 Å². The number of hydrogen-bond donors (Lipinski definition) is 0. The van der Waals surface area contributed by atoms with Crippen LogP contribution in [0.4, 0.5) is 0 Å². The quantitative estimate of drug-likeness (QED) is 0.644.